The van der Waals surface area contributed by atoms with Crippen LogP contribution in [-0.4, -0.2) is 41.3 Å². The SMILES string of the molecule is Cc1cccc(CN2CCC(NC(=O)c3ccccc3-c3ccc(OC(F)(F)F)cc3)CC2)n1. The van der Waals surface area contributed by atoms with Crippen LogP contribution in [0.5, 0.6) is 5.75 Å². The Kier molecular flexibility index (Phi) is 7.17. The zero-order chi connectivity index (χ0) is 24.1. The first-order valence-corrected chi connectivity index (χ1v) is 11.2. The minimum atomic E-state index is -4.74. The van der Waals surface area contributed by atoms with E-state index in [2.05, 4.69) is 19.9 Å². The number of ether oxygens (including phenoxy) is 1. The summed E-state index contributed by atoms with van der Waals surface area (Å²) in [5.74, 6) is -0.490. The van der Waals surface area contributed by atoms with Crippen LogP contribution in [0.4, 0.5) is 13.2 Å². The molecule has 1 N–H and O–H groups in total. The highest BCUT2D eigenvalue weighted by Crippen LogP contribution is 2.28. The van der Waals surface area contributed by atoms with Gasteiger partial charge in [0.15, 0.2) is 0 Å². The molecule has 0 bridgehead atoms. The molecule has 5 nitrogen and oxygen atoms in total. The van der Waals surface area contributed by atoms with Gasteiger partial charge in [-0.05, 0) is 61.2 Å². The molecule has 0 saturated carbocycles. The molecule has 0 radical (unpaired) electrons. The zero-order valence-corrected chi connectivity index (χ0v) is 18.8. The maximum atomic E-state index is 13.1. The quantitative estimate of drug-likeness (QED) is 0.529. The highest BCUT2D eigenvalue weighted by atomic mass is 19.4. The predicted octanol–water partition coefficient (Wildman–Crippen LogP) is 5.35. The summed E-state index contributed by atoms with van der Waals surface area (Å²) in [6.45, 7) is 4.50. The highest BCUT2D eigenvalue weighted by molar-refractivity contribution is 6.01. The highest BCUT2D eigenvalue weighted by Gasteiger charge is 2.31. The number of nitrogens with zero attached hydrogens (tertiary/aromatic N) is 2. The number of hydrogen-bond donors (Lipinski definition) is 1. The predicted molar refractivity (Wildman–Crippen MR) is 123 cm³/mol. The number of hydrogen-bond acceptors (Lipinski definition) is 4. The molecular formula is C26H26F3N3O2. The second-order valence-electron chi connectivity index (χ2n) is 8.41. The summed E-state index contributed by atoms with van der Waals surface area (Å²) in [5, 5.41) is 3.13. The molecule has 1 fully saturated rings. The van der Waals surface area contributed by atoms with Crippen molar-refractivity contribution in [1.82, 2.24) is 15.2 Å². The minimum Gasteiger partial charge on any atom is -0.406 e. The lowest BCUT2D eigenvalue weighted by molar-refractivity contribution is -0.274. The van der Waals surface area contributed by atoms with Crippen molar-refractivity contribution in [2.45, 2.75) is 38.7 Å². The Morgan fingerprint density at radius 3 is 2.41 bits per heavy atom. The first kappa shape index (κ1) is 23.8. The number of pyridine rings is 1. The number of rotatable bonds is 6. The van der Waals surface area contributed by atoms with Crippen molar-refractivity contribution in [2.75, 3.05) is 13.1 Å². The summed E-state index contributed by atoms with van der Waals surface area (Å²) in [6.07, 6.45) is -3.07. The molecular weight excluding hydrogens is 443 g/mol. The largest absolute Gasteiger partial charge is 0.573 e. The van der Waals surface area contributed by atoms with E-state index in [1.165, 1.54) is 24.3 Å². The number of likely N-dealkylation sites (tertiary alicyclic amines) is 1. The van der Waals surface area contributed by atoms with Crippen molar-refractivity contribution in [1.29, 1.82) is 0 Å². The fourth-order valence-corrected chi connectivity index (χ4v) is 4.18. The second-order valence-corrected chi connectivity index (χ2v) is 8.41. The number of nitrogens with one attached hydrogen (secondary N) is 1. The molecule has 3 aromatic rings. The first-order chi connectivity index (χ1) is 16.3. The number of aryl methyl sites for hydroxylation is 1. The van der Waals surface area contributed by atoms with Gasteiger partial charge in [0.25, 0.3) is 5.91 Å². The minimum absolute atomic E-state index is 0.0600. The van der Waals surface area contributed by atoms with E-state index in [0.29, 0.717) is 16.7 Å². The molecule has 8 heteroatoms. The zero-order valence-electron chi connectivity index (χ0n) is 18.8. The number of piperidine rings is 1. The molecule has 178 valence electrons. The van der Waals surface area contributed by atoms with Crippen molar-refractivity contribution in [2.24, 2.45) is 0 Å². The van der Waals surface area contributed by atoms with Crippen LogP contribution in [0, 0.1) is 6.92 Å². The lowest BCUT2D eigenvalue weighted by Crippen LogP contribution is -2.44. The molecule has 1 aromatic heterocycles. The van der Waals surface area contributed by atoms with Gasteiger partial charge in [-0.2, -0.15) is 0 Å². The fraction of sp³-hybridized carbons (Fsp3) is 0.308. The Labute approximate surface area is 196 Å². The Morgan fingerprint density at radius 1 is 1.03 bits per heavy atom. The summed E-state index contributed by atoms with van der Waals surface area (Å²) in [7, 11) is 0. The van der Waals surface area contributed by atoms with E-state index in [4.69, 9.17) is 0 Å². The molecule has 34 heavy (non-hydrogen) atoms. The number of carbonyl (C=O) groups is 1. The van der Waals surface area contributed by atoms with Crippen molar-refractivity contribution < 1.29 is 22.7 Å². The summed E-state index contributed by atoms with van der Waals surface area (Å²) in [5.41, 5.74) is 3.82. The van der Waals surface area contributed by atoms with Gasteiger partial charge in [-0.15, -0.1) is 13.2 Å². The van der Waals surface area contributed by atoms with Gasteiger partial charge in [-0.1, -0.05) is 36.4 Å². The van der Waals surface area contributed by atoms with Crippen LogP contribution < -0.4 is 10.1 Å². The fourth-order valence-electron chi connectivity index (χ4n) is 4.18. The van der Waals surface area contributed by atoms with E-state index in [1.54, 1.807) is 24.3 Å². The number of halogens is 3. The normalized spacial score (nSPS) is 15.2. The number of aromatic nitrogens is 1. The molecule has 4 rings (SSSR count). The van der Waals surface area contributed by atoms with Crippen molar-refractivity contribution in [3.63, 3.8) is 0 Å². The van der Waals surface area contributed by atoms with Crippen molar-refractivity contribution in [3.05, 3.63) is 83.7 Å². The number of amides is 1. The second kappa shape index (κ2) is 10.3. The third-order valence-corrected chi connectivity index (χ3v) is 5.82. The topological polar surface area (TPSA) is 54.5 Å². The monoisotopic (exact) mass is 469 g/mol. The molecule has 2 heterocycles. The Balaban J connectivity index is 1.37. The first-order valence-electron chi connectivity index (χ1n) is 11.2. The van der Waals surface area contributed by atoms with Crippen LogP contribution in [-0.2, 0) is 6.54 Å². The molecule has 0 spiro atoms. The van der Waals surface area contributed by atoms with Gasteiger partial charge < -0.3 is 10.1 Å². The molecule has 1 saturated heterocycles. The molecule has 1 aliphatic rings. The lowest BCUT2D eigenvalue weighted by Gasteiger charge is -2.32. The smallest absolute Gasteiger partial charge is 0.406 e. The molecule has 0 aliphatic carbocycles. The van der Waals surface area contributed by atoms with E-state index >= 15 is 0 Å². The van der Waals surface area contributed by atoms with E-state index in [0.717, 1.165) is 43.9 Å². The molecule has 1 amide bonds. The Hall–Kier alpha value is -3.39. The van der Waals surface area contributed by atoms with E-state index in [9.17, 15) is 18.0 Å². The van der Waals surface area contributed by atoms with Crippen LogP contribution in [0.25, 0.3) is 11.1 Å². The van der Waals surface area contributed by atoms with Crippen LogP contribution in [0.1, 0.15) is 34.6 Å². The maximum absolute atomic E-state index is 13.1. The molecule has 1 aliphatic heterocycles. The van der Waals surface area contributed by atoms with Gasteiger partial charge in [0.2, 0.25) is 0 Å². The van der Waals surface area contributed by atoms with Crippen LogP contribution in [0.15, 0.2) is 66.7 Å². The van der Waals surface area contributed by atoms with E-state index in [1.807, 2.05) is 25.1 Å². The van der Waals surface area contributed by atoms with Crippen LogP contribution in [0.3, 0.4) is 0 Å². The van der Waals surface area contributed by atoms with Gasteiger partial charge in [-0.3, -0.25) is 14.7 Å². The summed E-state index contributed by atoms with van der Waals surface area (Å²) >= 11 is 0. The van der Waals surface area contributed by atoms with Gasteiger partial charge >= 0.3 is 6.36 Å². The van der Waals surface area contributed by atoms with E-state index in [-0.39, 0.29) is 17.7 Å². The number of alkyl halides is 3. The molecule has 0 unspecified atom stereocenters. The van der Waals surface area contributed by atoms with Gasteiger partial charge in [0.05, 0.1) is 5.69 Å². The Bertz CT molecular complexity index is 1120. The number of carbonyl (C=O) groups excluding carboxylic acids is 1. The average Bonchev–Trinajstić information content (AvgIpc) is 2.80. The average molecular weight is 470 g/mol. The summed E-state index contributed by atoms with van der Waals surface area (Å²) < 4.78 is 41.2. The maximum Gasteiger partial charge on any atom is 0.573 e. The van der Waals surface area contributed by atoms with Crippen LogP contribution >= 0.6 is 0 Å². The van der Waals surface area contributed by atoms with Crippen LogP contribution in [0.2, 0.25) is 0 Å². The van der Waals surface area contributed by atoms with Gasteiger partial charge in [0.1, 0.15) is 5.75 Å². The standard InChI is InChI=1S/C26H26F3N3O2/c1-18-5-4-6-21(30-18)17-32-15-13-20(14-16-32)31-25(33)24-8-3-2-7-23(24)19-9-11-22(12-10-19)34-26(27,28)29/h2-12,20H,13-17H2,1H3,(H,31,33). The third-order valence-electron chi connectivity index (χ3n) is 5.82. The van der Waals surface area contributed by atoms with Crippen molar-refractivity contribution in [3.8, 4) is 16.9 Å². The molecule has 2 aromatic carbocycles. The number of benzene rings is 2. The third kappa shape index (κ3) is 6.35. The van der Waals surface area contributed by atoms with Crippen molar-refractivity contribution >= 4 is 5.91 Å². The molecule has 0 atom stereocenters. The lowest BCUT2D eigenvalue weighted by atomic mass is 9.98. The van der Waals surface area contributed by atoms with E-state index < -0.39 is 6.36 Å². The summed E-state index contributed by atoms with van der Waals surface area (Å²) in [6, 6.07) is 18.7. The van der Waals surface area contributed by atoms with Gasteiger partial charge in [-0.25, -0.2) is 0 Å². The Morgan fingerprint density at radius 2 is 1.74 bits per heavy atom. The van der Waals surface area contributed by atoms with Gasteiger partial charge in [0, 0.05) is 36.9 Å². The summed E-state index contributed by atoms with van der Waals surface area (Å²) in [4.78, 5) is 20.0.